The lowest BCUT2D eigenvalue weighted by molar-refractivity contribution is 0.0619. The summed E-state index contributed by atoms with van der Waals surface area (Å²) in [5.41, 5.74) is 3.48. The lowest BCUT2D eigenvalue weighted by Crippen LogP contribution is -2.57. The molecule has 7 nitrogen and oxygen atoms in total. The maximum absolute atomic E-state index is 13.4. The van der Waals surface area contributed by atoms with Gasteiger partial charge in [0.05, 0.1) is 24.5 Å². The summed E-state index contributed by atoms with van der Waals surface area (Å²) in [5, 5.41) is 2.13. The van der Waals surface area contributed by atoms with Gasteiger partial charge in [0.2, 0.25) is 0 Å². The van der Waals surface area contributed by atoms with E-state index in [-0.39, 0.29) is 11.4 Å². The fourth-order valence-corrected chi connectivity index (χ4v) is 4.84. The highest BCUT2D eigenvalue weighted by atomic mass is 16.5. The number of benzene rings is 1. The Balaban J connectivity index is 1.32. The van der Waals surface area contributed by atoms with E-state index >= 15 is 0 Å². The SMILES string of the molecule is COc1cnc2[nH]ccc2c1N1CCN(C(=O)c2cc3ccccc3[nH]2)C2(CC2)C1. The first-order valence-electron chi connectivity index (χ1n) is 10.3. The molecule has 0 unspecified atom stereocenters. The highest BCUT2D eigenvalue weighted by Crippen LogP contribution is 2.47. The summed E-state index contributed by atoms with van der Waals surface area (Å²) < 4.78 is 5.64. The number of nitrogens with zero attached hydrogens (tertiary/aromatic N) is 3. The molecule has 1 saturated carbocycles. The fourth-order valence-electron chi connectivity index (χ4n) is 4.84. The standard InChI is InChI=1S/C23H23N5O2/c1-30-19-13-25-21-16(6-9-24-21)20(19)27-10-11-28(23(14-27)7-8-23)22(29)18-12-15-4-2-3-5-17(15)26-18/h2-6,9,12-13,26H,7-8,10-11,14H2,1H3,(H,24,25). The zero-order valence-electron chi connectivity index (χ0n) is 16.8. The largest absolute Gasteiger partial charge is 0.493 e. The molecule has 4 heterocycles. The predicted octanol–water partition coefficient (Wildman–Crippen LogP) is 3.55. The highest BCUT2D eigenvalue weighted by Gasteiger charge is 2.53. The van der Waals surface area contributed by atoms with Crippen molar-refractivity contribution < 1.29 is 9.53 Å². The number of anilines is 1. The number of para-hydroxylation sites is 1. The average Bonchev–Trinajstić information content (AvgIpc) is 3.19. The Bertz CT molecular complexity index is 1240. The molecule has 1 saturated heterocycles. The minimum Gasteiger partial charge on any atom is -0.493 e. The van der Waals surface area contributed by atoms with Crippen molar-refractivity contribution in [2.75, 3.05) is 31.6 Å². The summed E-state index contributed by atoms with van der Waals surface area (Å²) >= 11 is 0. The Morgan fingerprint density at radius 3 is 2.87 bits per heavy atom. The Kier molecular flexibility index (Phi) is 3.63. The van der Waals surface area contributed by atoms with Crippen molar-refractivity contribution in [2.24, 2.45) is 0 Å². The van der Waals surface area contributed by atoms with Gasteiger partial charge in [0.15, 0.2) is 5.75 Å². The number of methoxy groups -OCH3 is 1. The van der Waals surface area contributed by atoms with Gasteiger partial charge in [0.25, 0.3) is 5.91 Å². The number of rotatable bonds is 3. The smallest absolute Gasteiger partial charge is 0.270 e. The Labute approximate surface area is 173 Å². The first-order chi connectivity index (χ1) is 14.7. The van der Waals surface area contributed by atoms with Gasteiger partial charge in [-0.05, 0) is 31.0 Å². The molecule has 2 N–H and O–H groups in total. The molecule has 152 valence electrons. The number of hydrogen-bond donors (Lipinski definition) is 2. The van der Waals surface area contributed by atoms with Gasteiger partial charge in [0, 0.05) is 42.1 Å². The molecule has 0 radical (unpaired) electrons. The number of nitrogens with one attached hydrogen (secondary N) is 2. The maximum atomic E-state index is 13.4. The first-order valence-corrected chi connectivity index (χ1v) is 10.3. The van der Waals surface area contributed by atoms with Gasteiger partial charge in [-0.25, -0.2) is 4.98 Å². The molecule has 1 amide bonds. The summed E-state index contributed by atoms with van der Waals surface area (Å²) in [6, 6.07) is 12.0. The summed E-state index contributed by atoms with van der Waals surface area (Å²) in [5.74, 6) is 0.866. The normalized spacial score (nSPS) is 17.8. The lowest BCUT2D eigenvalue weighted by Gasteiger charge is -2.43. The number of piperazine rings is 1. The van der Waals surface area contributed by atoms with Crippen LogP contribution in [-0.4, -0.2) is 58.0 Å². The van der Waals surface area contributed by atoms with Crippen molar-refractivity contribution in [3.63, 3.8) is 0 Å². The van der Waals surface area contributed by atoms with Gasteiger partial charge in [0.1, 0.15) is 11.3 Å². The van der Waals surface area contributed by atoms with Crippen LogP contribution < -0.4 is 9.64 Å². The van der Waals surface area contributed by atoms with Crippen molar-refractivity contribution in [2.45, 2.75) is 18.4 Å². The van der Waals surface area contributed by atoms with Crippen LogP contribution in [0, 0.1) is 0 Å². The molecule has 6 rings (SSSR count). The molecule has 1 aromatic carbocycles. The van der Waals surface area contributed by atoms with E-state index in [0.29, 0.717) is 12.2 Å². The molecule has 0 bridgehead atoms. The molecule has 1 spiro atoms. The van der Waals surface area contributed by atoms with E-state index in [1.165, 1.54) is 0 Å². The Morgan fingerprint density at radius 1 is 1.20 bits per heavy atom. The highest BCUT2D eigenvalue weighted by molar-refractivity contribution is 5.99. The van der Waals surface area contributed by atoms with Gasteiger partial charge >= 0.3 is 0 Å². The molecule has 2 aliphatic rings. The maximum Gasteiger partial charge on any atom is 0.270 e. The number of pyridine rings is 1. The number of ether oxygens (including phenoxy) is 1. The second-order valence-electron chi connectivity index (χ2n) is 8.29. The molecule has 7 heteroatoms. The van der Waals surface area contributed by atoms with Crippen LogP contribution >= 0.6 is 0 Å². The first kappa shape index (κ1) is 17.4. The van der Waals surface area contributed by atoms with Crippen LogP contribution in [0.25, 0.3) is 21.9 Å². The number of hydrogen-bond acceptors (Lipinski definition) is 4. The third kappa shape index (κ3) is 2.51. The van der Waals surface area contributed by atoms with E-state index in [4.69, 9.17) is 4.74 Å². The molecule has 1 aliphatic heterocycles. The van der Waals surface area contributed by atoms with Crippen molar-refractivity contribution >= 4 is 33.5 Å². The number of carbonyl (C=O) groups excluding carboxylic acids is 1. The van der Waals surface area contributed by atoms with E-state index in [2.05, 4.69) is 24.8 Å². The lowest BCUT2D eigenvalue weighted by atomic mass is 10.1. The third-order valence-corrected chi connectivity index (χ3v) is 6.54. The number of amides is 1. The topological polar surface area (TPSA) is 77.2 Å². The monoisotopic (exact) mass is 401 g/mol. The minimum absolute atomic E-state index is 0.0943. The fraction of sp³-hybridized carbons (Fsp3) is 0.304. The van der Waals surface area contributed by atoms with Crippen molar-refractivity contribution in [3.8, 4) is 5.75 Å². The summed E-state index contributed by atoms with van der Waals surface area (Å²) in [4.78, 5) is 28.8. The van der Waals surface area contributed by atoms with Crippen LogP contribution in [0.2, 0.25) is 0 Å². The van der Waals surface area contributed by atoms with Gasteiger partial charge < -0.3 is 24.5 Å². The van der Waals surface area contributed by atoms with Gasteiger partial charge in [-0.15, -0.1) is 0 Å². The van der Waals surface area contributed by atoms with Crippen LogP contribution in [0.1, 0.15) is 23.3 Å². The number of H-pyrrole nitrogens is 2. The van der Waals surface area contributed by atoms with Crippen LogP contribution in [-0.2, 0) is 0 Å². The average molecular weight is 401 g/mol. The van der Waals surface area contributed by atoms with Crippen molar-refractivity contribution in [3.05, 3.63) is 54.5 Å². The molecule has 30 heavy (non-hydrogen) atoms. The summed E-state index contributed by atoms with van der Waals surface area (Å²) in [6.07, 6.45) is 5.73. The van der Waals surface area contributed by atoms with E-state index in [1.54, 1.807) is 13.3 Å². The number of aromatic amines is 2. The Hall–Kier alpha value is -3.48. The quantitative estimate of drug-likeness (QED) is 0.550. The Morgan fingerprint density at radius 2 is 2.07 bits per heavy atom. The van der Waals surface area contributed by atoms with Crippen LogP contribution in [0.15, 0.2) is 48.8 Å². The van der Waals surface area contributed by atoms with Crippen molar-refractivity contribution in [1.29, 1.82) is 0 Å². The second kappa shape index (κ2) is 6.26. The zero-order valence-corrected chi connectivity index (χ0v) is 16.8. The van der Waals surface area contributed by atoms with E-state index in [9.17, 15) is 4.79 Å². The van der Waals surface area contributed by atoms with Crippen LogP contribution in [0.5, 0.6) is 5.75 Å². The minimum atomic E-state index is -0.108. The van der Waals surface area contributed by atoms with Gasteiger partial charge in [-0.3, -0.25) is 4.79 Å². The van der Waals surface area contributed by atoms with Crippen molar-refractivity contribution in [1.82, 2.24) is 19.9 Å². The summed E-state index contributed by atoms with van der Waals surface area (Å²) in [7, 11) is 1.68. The summed E-state index contributed by atoms with van der Waals surface area (Å²) in [6.45, 7) is 2.25. The van der Waals surface area contributed by atoms with E-state index in [0.717, 1.165) is 59.3 Å². The zero-order chi connectivity index (χ0) is 20.3. The molecule has 4 aromatic rings. The molecule has 1 aliphatic carbocycles. The van der Waals surface area contributed by atoms with Crippen LogP contribution in [0.3, 0.4) is 0 Å². The second-order valence-corrected chi connectivity index (χ2v) is 8.29. The number of carbonyl (C=O) groups is 1. The molecular weight excluding hydrogens is 378 g/mol. The third-order valence-electron chi connectivity index (χ3n) is 6.54. The molecule has 3 aromatic heterocycles. The molecule has 0 atom stereocenters. The number of aromatic nitrogens is 3. The number of fused-ring (bicyclic) bond motifs is 2. The predicted molar refractivity (Wildman–Crippen MR) is 116 cm³/mol. The van der Waals surface area contributed by atoms with E-state index in [1.807, 2.05) is 42.6 Å². The molecular formula is C23H23N5O2. The molecule has 2 fully saturated rings. The van der Waals surface area contributed by atoms with Gasteiger partial charge in [-0.2, -0.15) is 0 Å². The van der Waals surface area contributed by atoms with E-state index < -0.39 is 0 Å². The van der Waals surface area contributed by atoms with Gasteiger partial charge in [-0.1, -0.05) is 18.2 Å². The van der Waals surface area contributed by atoms with Crippen LogP contribution in [0.4, 0.5) is 5.69 Å².